The Morgan fingerprint density at radius 1 is 1.47 bits per heavy atom. The fraction of sp³-hybridized carbons (Fsp3) is 0.409. The number of ether oxygens (including phenoxy) is 2. The van der Waals surface area contributed by atoms with E-state index in [0.29, 0.717) is 18.8 Å². The second-order valence-corrected chi connectivity index (χ2v) is 7.87. The molecule has 3 heterocycles. The molecule has 1 spiro atoms. The van der Waals surface area contributed by atoms with Gasteiger partial charge in [-0.3, -0.25) is 9.89 Å². The van der Waals surface area contributed by atoms with Gasteiger partial charge in [0.25, 0.3) is 0 Å². The molecule has 2 aliphatic heterocycles. The van der Waals surface area contributed by atoms with Crippen LogP contribution in [-0.2, 0) is 21.5 Å². The molecule has 1 fully saturated rings. The number of carbonyl (C=O) groups is 1. The van der Waals surface area contributed by atoms with E-state index in [4.69, 9.17) is 15.2 Å². The smallest absolute Gasteiger partial charge is 0.315 e. The molecule has 0 aliphatic carbocycles. The number of aryl methyl sites for hydroxylation is 1. The van der Waals surface area contributed by atoms with Crippen molar-refractivity contribution in [3.05, 3.63) is 58.6 Å². The van der Waals surface area contributed by atoms with Crippen molar-refractivity contribution in [1.82, 2.24) is 10.2 Å². The summed E-state index contributed by atoms with van der Waals surface area (Å²) in [5, 5.41) is 17.2. The van der Waals surface area contributed by atoms with Crippen molar-refractivity contribution in [2.24, 2.45) is 11.7 Å². The van der Waals surface area contributed by atoms with Crippen LogP contribution in [0.3, 0.4) is 0 Å². The average molecular weight is 408 g/mol. The largest absolute Gasteiger partial charge is 0.466 e. The first-order valence-electron chi connectivity index (χ1n) is 10.2. The van der Waals surface area contributed by atoms with Gasteiger partial charge in [-0.1, -0.05) is 30.3 Å². The number of rotatable bonds is 4. The number of hydrogen-bond acceptors (Lipinski definition) is 6. The van der Waals surface area contributed by atoms with Crippen LogP contribution in [0.4, 0.5) is 0 Å². The van der Waals surface area contributed by atoms with E-state index >= 15 is 0 Å². The number of aromatic amines is 1. The van der Waals surface area contributed by atoms with E-state index in [0.717, 1.165) is 24.3 Å². The lowest BCUT2D eigenvalue weighted by atomic mass is 9.61. The van der Waals surface area contributed by atoms with Crippen molar-refractivity contribution in [1.29, 1.82) is 5.26 Å². The predicted octanol–water partition coefficient (Wildman–Crippen LogP) is 0.710. The summed E-state index contributed by atoms with van der Waals surface area (Å²) in [5.41, 5.74) is 8.23. The molecule has 2 aliphatic rings. The van der Waals surface area contributed by atoms with E-state index in [1.807, 2.05) is 25.1 Å². The molecule has 0 radical (unpaired) electrons. The highest BCUT2D eigenvalue weighted by Gasteiger charge is 2.58. The van der Waals surface area contributed by atoms with Gasteiger partial charge in [-0.2, -0.15) is 5.26 Å². The highest BCUT2D eigenvalue weighted by molar-refractivity contribution is 5.78. The first kappa shape index (κ1) is 20.0. The van der Waals surface area contributed by atoms with Crippen molar-refractivity contribution >= 4 is 5.97 Å². The Labute approximate surface area is 175 Å². The molecule has 4 N–H and O–H groups in total. The van der Waals surface area contributed by atoms with Gasteiger partial charge in [-0.15, -0.1) is 5.10 Å². The van der Waals surface area contributed by atoms with Gasteiger partial charge < -0.3 is 20.1 Å². The van der Waals surface area contributed by atoms with E-state index in [2.05, 4.69) is 28.4 Å². The van der Waals surface area contributed by atoms with Gasteiger partial charge in [0.1, 0.15) is 24.1 Å². The number of quaternary nitrogens is 1. The number of likely N-dealkylation sites (tertiary alicyclic amines) is 1. The third-order valence-electron chi connectivity index (χ3n) is 6.20. The monoisotopic (exact) mass is 408 g/mol. The Morgan fingerprint density at radius 2 is 2.23 bits per heavy atom. The van der Waals surface area contributed by atoms with Crippen LogP contribution in [0.1, 0.15) is 30.2 Å². The number of esters is 1. The van der Waals surface area contributed by atoms with Gasteiger partial charge >= 0.3 is 5.97 Å². The van der Waals surface area contributed by atoms with Crippen molar-refractivity contribution < 1.29 is 19.2 Å². The van der Waals surface area contributed by atoms with E-state index < -0.39 is 11.3 Å². The molecular weight excluding hydrogens is 382 g/mol. The maximum Gasteiger partial charge on any atom is 0.315 e. The summed E-state index contributed by atoms with van der Waals surface area (Å²) in [6, 6.07) is 12.4. The molecule has 2 aromatic rings. The predicted molar refractivity (Wildman–Crippen MR) is 108 cm³/mol. The van der Waals surface area contributed by atoms with Gasteiger partial charge in [0.15, 0.2) is 0 Å². The summed E-state index contributed by atoms with van der Waals surface area (Å²) in [7, 11) is 0. The van der Waals surface area contributed by atoms with Crippen molar-refractivity contribution in [3.8, 4) is 11.9 Å². The van der Waals surface area contributed by atoms with Crippen LogP contribution >= 0.6 is 0 Å². The van der Waals surface area contributed by atoms with Gasteiger partial charge in [-0.05, 0) is 13.8 Å². The first-order chi connectivity index (χ1) is 14.5. The summed E-state index contributed by atoms with van der Waals surface area (Å²) in [6.07, 6.45) is 0.568. The van der Waals surface area contributed by atoms with Crippen molar-refractivity contribution in [2.45, 2.75) is 32.2 Å². The SMILES string of the molecule is CCOC(=O)[C@@H]1C[NH+](Cc2ccccc2)CC[C@]12C(C#N)=C(N)Oc1n[nH]c(C)c12. The number of H-pyrrole nitrogens is 1. The van der Waals surface area contributed by atoms with Crippen molar-refractivity contribution in [2.75, 3.05) is 19.7 Å². The van der Waals surface area contributed by atoms with E-state index in [9.17, 15) is 10.1 Å². The maximum absolute atomic E-state index is 13.2. The first-order valence-corrected chi connectivity index (χ1v) is 10.2. The fourth-order valence-corrected chi connectivity index (χ4v) is 4.95. The standard InChI is InChI=1S/C22H25N5O3/c1-3-29-21(28)17-13-27(12-15-7-5-4-6-8-15)10-9-22(17)16(11-23)19(24)30-20-18(22)14(2)25-26-20/h4-8,17H,3,9-10,12-13,24H2,1-2H3,(H,25,26)/p+1/t17-,22-/m0/s1. The second-order valence-electron chi connectivity index (χ2n) is 7.87. The quantitative estimate of drug-likeness (QED) is 0.641. The van der Waals surface area contributed by atoms with E-state index in [1.165, 1.54) is 10.5 Å². The van der Waals surface area contributed by atoms with Crippen LogP contribution < -0.4 is 15.4 Å². The van der Waals surface area contributed by atoms with Gasteiger partial charge in [-0.25, -0.2) is 0 Å². The lowest BCUT2D eigenvalue weighted by molar-refractivity contribution is -0.922. The van der Waals surface area contributed by atoms with E-state index in [1.54, 1.807) is 6.92 Å². The molecule has 4 rings (SSSR count). The van der Waals surface area contributed by atoms with Crippen LogP contribution in [0.25, 0.3) is 0 Å². The number of nitrogens with zero attached hydrogens (tertiary/aromatic N) is 2. The number of piperidine rings is 1. The summed E-state index contributed by atoms with van der Waals surface area (Å²) in [4.78, 5) is 14.5. The number of allylic oxidation sites excluding steroid dienone is 1. The summed E-state index contributed by atoms with van der Waals surface area (Å²) < 4.78 is 11.1. The molecule has 8 heteroatoms. The minimum absolute atomic E-state index is 0.0114. The molecule has 156 valence electrons. The number of carbonyl (C=O) groups excluding carboxylic acids is 1. The number of hydrogen-bond donors (Lipinski definition) is 3. The Hall–Kier alpha value is -3.31. The average Bonchev–Trinajstić information content (AvgIpc) is 3.11. The molecule has 0 saturated carbocycles. The maximum atomic E-state index is 13.2. The zero-order chi connectivity index (χ0) is 21.3. The third-order valence-corrected chi connectivity index (χ3v) is 6.20. The highest BCUT2D eigenvalue weighted by Crippen LogP contribution is 2.51. The normalized spacial score (nSPS) is 25.4. The lowest BCUT2D eigenvalue weighted by Crippen LogP contribution is -3.13. The number of aromatic nitrogens is 2. The zero-order valence-corrected chi connectivity index (χ0v) is 17.2. The molecule has 0 amide bonds. The molecule has 1 aromatic heterocycles. The fourth-order valence-electron chi connectivity index (χ4n) is 4.95. The highest BCUT2D eigenvalue weighted by atomic mass is 16.5. The lowest BCUT2D eigenvalue weighted by Gasteiger charge is -2.45. The molecular formula is C22H26N5O3+. The van der Waals surface area contributed by atoms with Gasteiger partial charge in [0, 0.05) is 23.2 Å². The Balaban J connectivity index is 1.79. The van der Waals surface area contributed by atoms with Crippen LogP contribution in [0.15, 0.2) is 41.8 Å². The molecule has 0 bridgehead atoms. The summed E-state index contributed by atoms with van der Waals surface area (Å²) in [6.45, 7) is 6.02. The minimum atomic E-state index is -0.907. The van der Waals surface area contributed by atoms with Crippen LogP contribution in [0.2, 0.25) is 0 Å². The van der Waals surface area contributed by atoms with Gasteiger partial charge in [0.05, 0.1) is 25.1 Å². The molecule has 1 saturated heterocycles. The Morgan fingerprint density at radius 3 is 2.93 bits per heavy atom. The van der Waals surface area contributed by atoms with Crippen LogP contribution in [0, 0.1) is 24.2 Å². The number of nitrogens with one attached hydrogen (secondary N) is 2. The Bertz CT molecular complexity index is 1020. The minimum Gasteiger partial charge on any atom is -0.466 e. The third kappa shape index (κ3) is 3.12. The van der Waals surface area contributed by atoms with Crippen LogP contribution in [-0.4, -0.2) is 35.9 Å². The molecule has 8 nitrogen and oxygen atoms in total. The van der Waals surface area contributed by atoms with Crippen LogP contribution in [0.5, 0.6) is 5.88 Å². The zero-order valence-electron chi connectivity index (χ0n) is 17.2. The second kappa shape index (κ2) is 7.84. The van der Waals surface area contributed by atoms with Gasteiger partial charge in [0.2, 0.25) is 11.8 Å². The molecule has 30 heavy (non-hydrogen) atoms. The number of benzene rings is 1. The summed E-state index contributed by atoms with van der Waals surface area (Å²) >= 11 is 0. The molecule has 1 unspecified atom stereocenters. The molecule has 3 atom stereocenters. The number of nitrogens with two attached hydrogens (primary N) is 1. The van der Waals surface area contributed by atoms with E-state index in [-0.39, 0.29) is 24.0 Å². The number of nitriles is 1. The molecule has 1 aromatic carbocycles. The number of fused-ring (bicyclic) bond motifs is 2. The summed E-state index contributed by atoms with van der Waals surface area (Å²) in [5.74, 6) is -0.545. The topological polar surface area (TPSA) is 118 Å². The van der Waals surface area contributed by atoms with Crippen molar-refractivity contribution in [3.63, 3.8) is 0 Å². The Kier molecular flexibility index (Phi) is 5.22.